The smallest absolute Gasteiger partial charge is 0.340 e. The number of carbonyl (C=O) groups excluding carboxylic acids is 1. The molecule has 0 bridgehead atoms. The van der Waals surface area contributed by atoms with Gasteiger partial charge in [-0.2, -0.15) is 0 Å². The average Bonchev–Trinajstić information content (AvgIpc) is 2.91. The van der Waals surface area contributed by atoms with Gasteiger partial charge in [-0.3, -0.25) is 0 Å². The number of rotatable bonds is 0. The number of hydrogen-bond donors (Lipinski definition) is 0. The second-order valence-corrected chi connectivity index (χ2v) is 8.38. The fourth-order valence-electron chi connectivity index (χ4n) is 3.63. The lowest BCUT2D eigenvalue weighted by Gasteiger charge is -2.37. The standard InChI is InChI=1S/C20H10I2O3/c21-11-8-9-17-15(10-11)20(14-6-3-7-16(22)18(14)24-17)13-5-2-1-4-12(13)19(23)25-20/h1-10H. The Morgan fingerprint density at radius 3 is 2.52 bits per heavy atom. The molecular formula is C20H10I2O3. The number of esters is 1. The fraction of sp³-hybridized carbons (Fsp3) is 0.0500. The third kappa shape index (κ3) is 2.05. The van der Waals surface area contributed by atoms with Gasteiger partial charge in [0.05, 0.1) is 9.13 Å². The Kier molecular flexibility index (Phi) is 3.40. The monoisotopic (exact) mass is 552 g/mol. The van der Waals surface area contributed by atoms with E-state index < -0.39 is 5.60 Å². The first-order valence-corrected chi connectivity index (χ1v) is 9.87. The van der Waals surface area contributed by atoms with Gasteiger partial charge in [0.1, 0.15) is 11.5 Å². The van der Waals surface area contributed by atoms with Crippen molar-refractivity contribution in [3.63, 3.8) is 0 Å². The lowest BCUT2D eigenvalue weighted by atomic mass is 9.78. The summed E-state index contributed by atoms with van der Waals surface area (Å²) in [5.74, 6) is 1.18. The first kappa shape index (κ1) is 15.6. The summed E-state index contributed by atoms with van der Waals surface area (Å²) < 4.78 is 14.3. The summed E-state index contributed by atoms with van der Waals surface area (Å²) in [6.07, 6.45) is 0. The molecule has 122 valence electrons. The molecule has 5 rings (SSSR count). The number of hydrogen-bond acceptors (Lipinski definition) is 3. The number of para-hydroxylation sites is 1. The molecule has 0 aliphatic carbocycles. The van der Waals surface area contributed by atoms with Crippen LogP contribution in [0.3, 0.4) is 0 Å². The summed E-state index contributed by atoms with van der Waals surface area (Å²) in [4.78, 5) is 12.7. The summed E-state index contributed by atoms with van der Waals surface area (Å²) in [5.41, 5.74) is 2.26. The molecule has 0 saturated heterocycles. The van der Waals surface area contributed by atoms with Gasteiger partial charge in [-0.25, -0.2) is 4.79 Å². The second kappa shape index (κ2) is 5.44. The third-order valence-corrected chi connectivity index (χ3v) is 6.17. The summed E-state index contributed by atoms with van der Waals surface area (Å²) in [6.45, 7) is 0. The van der Waals surface area contributed by atoms with E-state index in [1.54, 1.807) is 0 Å². The highest BCUT2D eigenvalue weighted by molar-refractivity contribution is 14.1. The van der Waals surface area contributed by atoms with Crippen molar-refractivity contribution in [2.75, 3.05) is 0 Å². The van der Waals surface area contributed by atoms with E-state index in [9.17, 15) is 4.79 Å². The quantitative estimate of drug-likeness (QED) is 0.275. The zero-order chi connectivity index (χ0) is 17.2. The van der Waals surface area contributed by atoms with E-state index in [-0.39, 0.29) is 5.97 Å². The van der Waals surface area contributed by atoms with Crippen molar-refractivity contribution in [1.82, 2.24) is 0 Å². The van der Waals surface area contributed by atoms with E-state index in [4.69, 9.17) is 9.47 Å². The van der Waals surface area contributed by atoms with Gasteiger partial charge < -0.3 is 9.47 Å². The first-order chi connectivity index (χ1) is 12.1. The van der Waals surface area contributed by atoms with Crippen LogP contribution < -0.4 is 4.74 Å². The van der Waals surface area contributed by atoms with Crippen molar-refractivity contribution >= 4 is 51.2 Å². The van der Waals surface area contributed by atoms with Crippen LogP contribution in [0, 0.1) is 7.14 Å². The third-order valence-electron chi connectivity index (χ3n) is 4.65. The van der Waals surface area contributed by atoms with Crippen molar-refractivity contribution in [1.29, 1.82) is 0 Å². The molecule has 0 amide bonds. The van der Waals surface area contributed by atoms with Crippen LogP contribution in [-0.4, -0.2) is 5.97 Å². The Morgan fingerprint density at radius 1 is 0.840 bits per heavy atom. The van der Waals surface area contributed by atoms with Crippen LogP contribution in [0.1, 0.15) is 27.0 Å². The number of carbonyl (C=O) groups is 1. The molecule has 2 aliphatic heterocycles. The number of halogens is 2. The number of fused-ring (bicyclic) bond motifs is 6. The Hall–Kier alpha value is -1.61. The predicted molar refractivity (Wildman–Crippen MR) is 110 cm³/mol. The molecule has 2 heterocycles. The van der Waals surface area contributed by atoms with Crippen LogP contribution in [-0.2, 0) is 10.3 Å². The minimum Gasteiger partial charge on any atom is -0.455 e. The van der Waals surface area contributed by atoms with E-state index >= 15 is 0 Å². The van der Waals surface area contributed by atoms with E-state index in [0.29, 0.717) is 5.56 Å². The van der Waals surface area contributed by atoms with Crippen molar-refractivity contribution in [3.05, 3.63) is 90.1 Å². The van der Waals surface area contributed by atoms with Crippen LogP contribution in [0.2, 0.25) is 0 Å². The van der Waals surface area contributed by atoms with Crippen molar-refractivity contribution in [2.24, 2.45) is 0 Å². The topological polar surface area (TPSA) is 35.5 Å². The van der Waals surface area contributed by atoms with Gasteiger partial charge >= 0.3 is 5.97 Å². The van der Waals surface area contributed by atoms with E-state index in [1.165, 1.54) is 0 Å². The van der Waals surface area contributed by atoms with Crippen LogP contribution in [0.15, 0.2) is 60.7 Å². The van der Waals surface area contributed by atoms with Crippen LogP contribution in [0.5, 0.6) is 11.5 Å². The number of benzene rings is 3. The van der Waals surface area contributed by atoms with Gasteiger partial charge in [-0.05, 0) is 75.5 Å². The number of ether oxygens (including phenoxy) is 2. The molecule has 0 N–H and O–H groups in total. The predicted octanol–water partition coefficient (Wildman–Crippen LogP) is 5.46. The average molecular weight is 552 g/mol. The maximum atomic E-state index is 12.7. The van der Waals surface area contributed by atoms with Crippen molar-refractivity contribution in [3.8, 4) is 11.5 Å². The summed E-state index contributed by atoms with van der Waals surface area (Å²) in [6, 6.07) is 19.5. The van der Waals surface area contributed by atoms with Gasteiger partial charge in [0.25, 0.3) is 0 Å². The van der Waals surface area contributed by atoms with Gasteiger partial charge in [0, 0.05) is 20.3 Å². The molecule has 0 fully saturated rings. The highest BCUT2D eigenvalue weighted by Gasteiger charge is 2.53. The molecule has 3 aromatic carbocycles. The summed E-state index contributed by atoms with van der Waals surface area (Å²) in [5, 5.41) is 0. The minimum absolute atomic E-state index is 0.299. The van der Waals surface area contributed by atoms with E-state index in [0.717, 1.165) is 35.3 Å². The molecule has 3 nitrogen and oxygen atoms in total. The Balaban J connectivity index is 1.94. The summed E-state index contributed by atoms with van der Waals surface area (Å²) >= 11 is 4.53. The van der Waals surface area contributed by atoms with Gasteiger partial charge in [-0.1, -0.05) is 30.3 Å². The van der Waals surface area contributed by atoms with Gasteiger partial charge in [0.2, 0.25) is 0 Å². The minimum atomic E-state index is -0.959. The summed E-state index contributed by atoms with van der Waals surface area (Å²) in [7, 11) is 0. The molecule has 0 radical (unpaired) electrons. The molecule has 3 aromatic rings. The van der Waals surface area contributed by atoms with Gasteiger partial charge in [-0.15, -0.1) is 0 Å². The largest absolute Gasteiger partial charge is 0.455 e. The van der Waals surface area contributed by atoms with E-state index in [1.807, 2.05) is 60.7 Å². The SMILES string of the molecule is O=C1OC2(c3cc(I)ccc3Oc3c(I)cccc32)c2ccccc21. The van der Waals surface area contributed by atoms with Gasteiger partial charge in [0.15, 0.2) is 5.60 Å². The van der Waals surface area contributed by atoms with Crippen LogP contribution >= 0.6 is 45.2 Å². The molecule has 2 aliphatic rings. The van der Waals surface area contributed by atoms with Crippen molar-refractivity contribution in [2.45, 2.75) is 5.60 Å². The van der Waals surface area contributed by atoms with Crippen LogP contribution in [0.25, 0.3) is 0 Å². The highest BCUT2D eigenvalue weighted by Crippen LogP contribution is 2.56. The highest BCUT2D eigenvalue weighted by atomic mass is 127. The molecule has 1 atom stereocenters. The molecular weight excluding hydrogens is 542 g/mol. The molecule has 1 spiro atoms. The molecule has 0 aromatic heterocycles. The van der Waals surface area contributed by atoms with E-state index in [2.05, 4.69) is 45.2 Å². The van der Waals surface area contributed by atoms with Crippen LogP contribution in [0.4, 0.5) is 0 Å². The maximum Gasteiger partial charge on any atom is 0.340 e. The zero-order valence-electron chi connectivity index (χ0n) is 12.8. The van der Waals surface area contributed by atoms with Crippen molar-refractivity contribution < 1.29 is 14.3 Å². The fourth-order valence-corrected chi connectivity index (χ4v) is 4.73. The maximum absolute atomic E-state index is 12.7. The molecule has 0 saturated carbocycles. The molecule has 25 heavy (non-hydrogen) atoms. The molecule has 1 unspecified atom stereocenters. The normalized spacial score (nSPS) is 19.7. The molecule has 5 heteroatoms. The zero-order valence-corrected chi connectivity index (χ0v) is 17.1. The lowest BCUT2D eigenvalue weighted by molar-refractivity contribution is 0.0223. The Labute approximate surface area is 171 Å². The second-order valence-electron chi connectivity index (χ2n) is 5.98. The first-order valence-electron chi connectivity index (χ1n) is 7.71. The Morgan fingerprint density at radius 2 is 1.64 bits per heavy atom. The Bertz CT molecular complexity index is 1060. The lowest BCUT2D eigenvalue weighted by Crippen LogP contribution is -2.33.